The van der Waals surface area contributed by atoms with E-state index in [2.05, 4.69) is 43.2 Å². The van der Waals surface area contributed by atoms with Gasteiger partial charge in [0.25, 0.3) is 0 Å². The number of rotatable bonds is 6. The lowest BCUT2D eigenvalue weighted by atomic mass is 10.1. The number of hydrogen-bond donors (Lipinski definition) is 1. The molecule has 1 aliphatic rings. The highest BCUT2D eigenvalue weighted by atomic mass is 35.5. The molecular formula is C15H23ClN2. The smallest absolute Gasteiger partial charge is 0.0406 e. The fourth-order valence-electron chi connectivity index (χ4n) is 2.13. The van der Waals surface area contributed by atoms with Crippen molar-refractivity contribution < 1.29 is 0 Å². The van der Waals surface area contributed by atoms with Crippen molar-refractivity contribution in [1.82, 2.24) is 10.2 Å². The first-order valence-electron chi connectivity index (χ1n) is 6.78. The van der Waals surface area contributed by atoms with Crippen LogP contribution in [0.2, 0.25) is 5.02 Å². The Bertz CT molecular complexity index is 373. The molecule has 0 bridgehead atoms. The van der Waals surface area contributed by atoms with E-state index in [9.17, 15) is 0 Å². The molecule has 0 aliphatic heterocycles. The van der Waals surface area contributed by atoms with Crippen LogP contribution in [0.15, 0.2) is 24.3 Å². The van der Waals surface area contributed by atoms with Gasteiger partial charge in [0.15, 0.2) is 0 Å². The van der Waals surface area contributed by atoms with Crippen LogP contribution in [-0.2, 0) is 0 Å². The van der Waals surface area contributed by atoms with Gasteiger partial charge in [-0.1, -0.05) is 23.7 Å². The van der Waals surface area contributed by atoms with E-state index in [0.717, 1.165) is 17.6 Å². The molecule has 2 nitrogen and oxygen atoms in total. The summed E-state index contributed by atoms with van der Waals surface area (Å²) in [6, 6.07) is 9.90. The molecule has 1 aromatic carbocycles. The Morgan fingerprint density at radius 2 is 1.89 bits per heavy atom. The van der Waals surface area contributed by atoms with Crippen LogP contribution in [-0.4, -0.2) is 30.6 Å². The van der Waals surface area contributed by atoms with E-state index in [0.29, 0.717) is 12.1 Å². The average molecular weight is 267 g/mol. The second kappa shape index (κ2) is 6.05. The molecule has 2 atom stereocenters. The molecule has 0 heterocycles. The molecule has 0 radical (unpaired) electrons. The van der Waals surface area contributed by atoms with Crippen LogP contribution in [0.5, 0.6) is 0 Å². The number of hydrogen-bond acceptors (Lipinski definition) is 2. The predicted molar refractivity (Wildman–Crippen MR) is 78.1 cm³/mol. The Balaban J connectivity index is 1.89. The number of nitrogens with zero attached hydrogens (tertiary/aromatic N) is 1. The molecule has 0 aromatic heterocycles. The number of nitrogens with one attached hydrogen (secondary N) is 1. The fraction of sp³-hybridized carbons (Fsp3) is 0.600. The molecule has 0 amide bonds. The highest BCUT2D eigenvalue weighted by Gasteiger charge is 2.23. The zero-order valence-electron chi connectivity index (χ0n) is 11.5. The van der Waals surface area contributed by atoms with Crippen LogP contribution in [0, 0.1) is 0 Å². The van der Waals surface area contributed by atoms with E-state index in [1.807, 2.05) is 12.1 Å². The number of benzene rings is 1. The number of halogens is 1. The summed E-state index contributed by atoms with van der Waals surface area (Å²) in [4.78, 5) is 2.42. The molecule has 2 unspecified atom stereocenters. The van der Waals surface area contributed by atoms with Crippen molar-refractivity contribution in [2.24, 2.45) is 0 Å². The van der Waals surface area contributed by atoms with Crippen LogP contribution in [0.1, 0.15) is 38.3 Å². The van der Waals surface area contributed by atoms with E-state index in [4.69, 9.17) is 11.6 Å². The summed E-state index contributed by atoms with van der Waals surface area (Å²) in [6.45, 7) is 5.59. The first-order valence-corrected chi connectivity index (χ1v) is 7.16. The highest BCUT2D eigenvalue weighted by Crippen LogP contribution is 2.23. The average Bonchev–Trinajstić information content (AvgIpc) is 3.19. The molecule has 1 aliphatic carbocycles. The maximum absolute atomic E-state index is 5.93. The van der Waals surface area contributed by atoms with Crippen molar-refractivity contribution in [3.8, 4) is 0 Å². The van der Waals surface area contributed by atoms with Gasteiger partial charge in [-0.2, -0.15) is 0 Å². The molecule has 0 saturated heterocycles. The van der Waals surface area contributed by atoms with Gasteiger partial charge < -0.3 is 5.32 Å². The fourth-order valence-corrected chi connectivity index (χ4v) is 2.25. The van der Waals surface area contributed by atoms with E-state index in [1.54, 1.807) is 0 Å². The van der Waals surface area contributed by atoms with Gasteiger partial charge in [-0.3, -0.25) is 4.90 Å². The SMILES string of the molecule is CC(CNC1CC1)N(C)C(C)c1ccc(Cl)cc1. The Labute approximate surface area is 115 Å². The minimum atomic E-state index is 0.415. The first-order chi connectivity index (χ1) is 8.58. The molecule has 18 heavy (non-hydrogen) atoms. The molecule has 1 aromatic rings. The van der Waals surface area contributed by atoms with Crippen LogP contribution in [0.25, 0.3) is 0 Å². The Morgan fingerprint density at radius 1 is 1.28 bits per heavy atom. The summed E-state index contributed by atoms with van der Waals surface area (Å²) in [5, 5.41) is 4.39. The van der Waals surface area contributed by atoms with Crippen molar-refractivity contribution >= 4 is 11.6 Å². The first kappa shape index (κ1) is 13.9. The van der Waals surface area contributed by atoms with Gasteiger partial charge >= 0.3 is 0 Å². The predicted octanol–water partition coefficient (Wildman–Crippen LogP) is 3.47. The van der Waals surface area contributed by atoms with E-state index in [-0.39, 0.29) is 0 Å². The van der Waals surface area contributed by atoms with Crippen LogP contribution >= 0.6 is 11.6 Å². The third-order valence-corrected chi connectivity index (χ3v) is 4.19. The quantitative estimate of drug-likeness (QED) is 0.848. The normalized spacial score (nSPS) is 18.9. The molecule has 0 spiro atoms. The molecule has 2 rings (SSSR count). The second-order valence-electron chi connectivity index (χ2n) is 5.42. The Morgan fingerprint density at radius 3 is 2.44 bits per heavy atom. The van der Waals surface area contributed by atoms with Gasteiger partial charge in [0.05, 0.1) is 0 Å². The van der Waals surface area contributed by atoms with Gasteiger partial charge in [-0.25, -0.2) is 0 Å². The molecular weight excluding hydrogens is 244 g/mol. The van der Waals surface area contributed by atoms with Gasteiger partial charge in [0.1, 0.15) is 0 Å². The summed E-state index contributed by atoms with van der Waals surface area (Å²) in [5.41, 5.74) is 1.32. The lowest BCUT2D eigenvalue weighted by Crippen LogP contribution is -2.39. The van der Waals surface area contributed by atoms with Crippen LogP contribution in [0.4, 0.5) is 0 Å². The molecule has 1 N–H and O–H groups in total. The maximum atomic E-state index is 5.93. The minimum Gasteiger partial charge on any atom is -0.312 e. The molecule has 100 valence electrons. The third-order valence-electron chi connectivity index (χ3n) is 3.94. The Hall–Kier alpha value is -0.570. The van der Waals surface area contributed by atoms with Crippen LogP contribution in [0.3, 0.4) is 0 Å². The van der Waals surface area contributed by atoms with Gasteiger partial charge in [-0.15, -0.1) is 0 Å². The maximum Gasteiger partial charge on any atom is 0.0406 e. The molecule has 3 heteroatoms. The molecule has 1 saturated carbocycles. The lowest BCUT2D eigenvalue weighted by molar-refractivity contribution is 0.193. The van der Waals surface area contributed by atoms with E-state index < -0.39 is 0 Å². The second-order valence-corrected chi connectivity index (χ2v) is 5.86. The van der Waals surface area contributed by atoms with E-state index in [1.165, 1.54) is 18.4 Å². The van der Waals surface area contributed by atoms with Crippen molar-refractivity contribution in [2.45, 2.75) is 44.8 Å². The summed E-state index contributed by atoms with van der Waals surface area (Å²) in [7, 11) is 2.19. The minimum absolute atomic E-state index is 0.415. The zero-order valence-corrected chi connectivity index (χ0v) is 12.2. The summed E-state index contributed by atoms with van der Waals surface area (Å²) >= 11 is 5.93. The standard InChI is InChI=1S/C15H23ClN2/c1-11(10-17-15-8-9-15)18(3)12(2)13-4-6-14(16)7-5-13/h4-7,11-12,15,17H,8-10H2,1-3H3. The van der Waals surface area contributed by atoms with Crippen molar-refractivity contribution in [1.29, 1.82) is 0 Å². The van der Waals surface area contributed by atoms with Gasteiger partial charge in [0, 0.05) is 29.7 Å². The van der Waals surface area contributed by atoms with Crippen molar-refractivity contribution in [3.05, 3.63) is 34.9 Å². The van der Waals surface area contributed by atoms with Gasteiger partial charge in [-0.05, 0) is 51.4 Å². The van der Waals surface area contributed by atoms with Crippen LogP contribution < -0.4 is 5.32 Å². The third kappa shape index (κ3) is 3.71. The largest absolute Gasteiger partial charge is 0.312 e. The Kier molecular flexibility index (Phi) is 4.66. The van der Waals surface area contributed by atoms with Crippen molar-refractivity contribution in [2.75, 3.05) is 13.6 Å². The summed E-state index contributed by atoms with van der Waals surface area (Å²) in [6.07, 6.45) is 2.70. The monoisotopic (exact) mass is 266 g/mol. The summed E-state index contributed by atoms with van der Waals surface area (Å²) in [5.74, 6) is 0. The zero-order chi connectivity index (χ0) is 13.1. The van der Waals surface area contributed by atoms with E-state index >= 15 is 0 Å². The topological polar surface area (TPSA) is 15.3 Å². The van der Waals surface area contributed by atoms with Crippen molar-refractivity contribution in [3.63, 3.8) is 0 Å². The number of likely N-dealkylation sites (N-methyl/N-ethyl adjacent to an activating group) is 1. The van der Waals surface area contributed by atoms with Gasteiger partial charge in [0.2, 0.25) is 0 Å². The molecule has 1 fully saturated rings. The summed E-state index contributed by atoms with van der Waals surface area (Å²) < 4.78 is 0. The highest BCUT2D eigenvalue weighted by molar-refractivity contribution is 6.30. The lowest BCUT2D eigenvalue weighted by Gasteiger charge is -2.31.